The van der Waals surface area contributed by atoms with E-state index in [9.17, 15) is 26.7 Å². The van der Waals surface area contributed by atoms with Crippen molar-refractivity contribution in [3.63, 3.8) is 0 Å². The summed E-state index contributed by atoms with van der Waals surface area (Å²) < 4.78 is 71.9. The minimum atomic E-state index is -4.71. The Morgan fingerprint density at radius 1 is 1.04 bits per heavy atom. The van der Waals surface area contributed by atoms with E-state index < -0.39 is 29.7 Å². The van der Waals surface area contributed by atoms with E-state index in [0.29, 0.717) is 23.2 Å². The van der Waals surface area contributed by atoms with Gasteiger partial charge in [-0.1, -0.05) is 67.2 Å². The molecule has 2 heterocycles. The van der Waals surface area contributed by atoms with Crippen molar-refractivity contribution in [2.75, 3.05) is 6.54 Å². The van der Waals surface area contributed by atoms with Crippen molar-refractivity contribution in [1.82, 2.24) is 19.8 Å². The molecular weight excluding hydrogens is 613 g/mol. The summed E-state index contributed by atoms with van der Waals surface area (Å²) >= 11 is 0. The van der Waals surface area contributed by atoms with Gasteiger partial charge in [-0.15, -0.1) is 0 Å². The highest BCUT2D eigenvalue weighted by atomic mass is 19.4. The maximum absolute atomic E-state index is 14.8. The van der Waals surface area contributed by atoms with Crippen LogP contribution < -0.4 is 5.32 Å². The van der Waals surface area contributed by atoms with Gasteiger partial charge < -0.3 is 14.8 Å². The average molecular weight is 660 g/mol. The Labute approximate surface area is 275 Å². The number of nitriles is 1. The number of fused-ring (bicyclic) bond motifs is 1. The number of rotatable bonds is 8. The van der Waals surface area contributed by atoms with Crippen LogP contribution >= 0.6 is 0 Å². The number of amides is 1. The van der Waals surface area contributed by atoms with Gasteiger partial charge in [0.25, 0.3) is 0 Å². The second-order valence-corrected chi connectivity index (χ2v) is 12.2. The maximum atomic E-state index is 14.8. The number of carbonyl (C=O) groups excluding carboxylic acids is 1. The van der Waals surface area contributed by atoms with Crippen LogP contribution in [0.4, 0.5) is 22.0 Å². The van der Waals surface area contributed by atoms with Crippen LogP contribution in [0.15, 0.2) is 48.7 Å². The predicted octanol–water partition coefficient (Wildman–Crippen LogP) is 8.96. The van der Waals surface area contributed by atoms with Crippen LogP contribution in [0.2, 0.25) is 0 Å². The quantitative estimate of drug-likeness (QED) is 0.245. The molecule has 4 rings (SSSR count). The van der Waals surface area contributed by atoms with Crippen molar-refractivity contribution in [3.8, 4) is 17.3 Å². The van der Waals surface area contributed by atoms with Gasteiger partial charge in [0.15, 0.2) is 0 Å². The SMILES string of the molecule is C=C(CC(C)(C)C)NC(CC(=O)N1CCn2c(C(F)(F)F)nc(-c3ccc(C#N)cc3)c2C1)Cc1cc(F)c(C)cc1F.CC.CC. The first-order valence-electron chi connectivity index (χ1n) is 15.9. The summed E-state index contributed by atoms with van der Waals surface area (Å²) in [4.78, 5) is 19.0. The molecule has 11 heteroatoms. The van der Waals surface area contributed by atoms with Crippen LogP contribution in [-0.2, 0) is 30.5 Å². The molecule has 0 spiro atoms. The maximum Gasteiger partial charge on any atom is 0.449 e. The lowest BCUT2D eigenvalue weighted by molar-refractivity contribution is -0.148. The molecule has 1 amide bonds. The van der Waals surface area contributed by atoms with Gasteiger partial charge in [-0.2, -0.15) is 18.4 Å². The number of aryl methyl sites for hydroxylation is 1. The summed E-state index contributed by atoms with van der Waals surface area (Å²) in [6.07, 6.45) is -4.26. The van der Waals surface area contributed by atoms with Crippen LogP contribution in [0.3, 0.4) is 0 Å². The van der Waals surface area contributed by atoms with Crippen molar-refractivity contribution >= 4 is 5.91 Å². The minimum Gasteiger partial charge on any atom is -0.385 e. The molecule has 2 aromatic carbocycles. The van der Waals surface area contributed by atoms with E-state index in [-0.39, 0.29) is 66.3 Å². The van der Waals surface area contributed by atoms with Crippen LogP contribution in [0, 0.1) is 35.3 Å². The van der Waals surface area contributed by atoms with E-state index in [0.717, 1.165) is 16.7 Å². The Hall–Kier alpha value is -4.20. The first-order valence-corrected chi connectivity index (χ1v) is 15.9. The number of alkyl halides is 3. The molecular formula is C36H46F5N5O. The Morgan fingerprint density at radius 2 is 1.66 bits per heavy atom. The Bertz CT molecular complexity index is 1560. The van der Waals surface area contributed by atoms with Crippen LogP contribution in [0.25, 0.3) is 11.3 Å². The number of hydrogen-bond donors (Lipinski definition) is 1. The summed E-state index contributed by atoms with van der Waals surface area (Å²) in [5.74, 6) is -2.56. The number of allylic oxidation sites excluding steroid dienone is 1. The van der Waals surface area contributed by atoms with E-state index in [4.69, 9.17) is 5.26 Å². The molecule has 0 fully saturated rings. The lowest BCUT2D eigenvalue weighted by atomic mass is 9.90. The molecule has 6 nitrogen and oxygen atoms in total. The van der Waals surface area contributed by atoms with Crippen molar-refractivity contribution in [2.24, 2.45) is 5.41 Å². The highest BCUT2D eigenvalue weighted by Gasteiger charge is 2.41. The van der Waals surface area contributed by atoms with E-state index in [1.165, 1.54) is 36.1 Å². The summed E-state index contributed by atoms with van der Waals surface area (Å²) in [6.45, 7) is 19.4. The lowest BCUT2D eigenvalue weighted by Gasteiger charge is -2.32. The number of aromatic nitrogens is 2. The number of carbonyl (C=O) groups is 1. The van der Waals surface area contributed by atoms with Crippen LogP contribution in [0.1, 0.15) is 89.5 Å². The van der Waals surface area contributed by atoms with E-state index in [2.05, 4.69) is 16.9 Å². The van der Waals surface area contributed by atoms with Gasteiger partial charge in [0, 0.05) is 36.8 Å². The smallest absolute Gasteiger partial charge is 0.385 e. The van der Waals surface area contributed by atoms with Gasteiger partial charge >= 0.3 is 6.18 Å². The van der Waals surface area contributed by atoms with E-state index >= 15 is 0 Å². The molecule has 1 unspecified atom stereocenters. The summed E-state index contributed by atoms with van der Waals surface area (Å²) in [5, 5.41) is 12.3. The molecule has 3 aromatic rings. The van der Waals surface area contributed by atoms with Gasteiger partial charge in [-0.25, -0.2) is 13.8 Å². The molecule has 1 aliphatic heterocycles. The molecule has 0 saturated carbocycles. The van der Waals surface area contributed by atoms with Crippen molar-refractivity contribution < 1.29 is 26.7 Å². The molecule has 0 aliphatic carbocycles. The molecule has 1 atom stereocenters. The lowest BCUT2D eigenvalue weighted by Crippen LogP contribution is -2.43. The largest absolute Gasteiger partial charge is 0.449 e. The molecule has 0 bridgehead atoms. The Kier molecular flexibility index (Phi) is 13.7. The van der Waals surface area contributed by atoms with Crippen molar-refractivity contribution in [3.05, 3.63) is 88.5 Å². The van der Waals surface area contributed by atoms with Gasteiger partial charge in [0.05, 0.1) is 29.6 Å². The molecule has 0 saturated heterocycles. The first-order chi connectivity index (χ1) is 22.1. The van der Waals surface area contributed by atoms with Crippen LogP contribution in [-0.4, -0.2) is 32.9 Å². The summed E-state index contributed by atoms with van der Waals surface area (Å²) in [7, 11) is 0. The fourth-order valence-electron chi connectivity index (χ4n) is 5.33. The minimum absolute atomic E-state index is 0.00157. The molecule has 0 radical (unpaired) electrons. The third-order valence-electron chi connectivity index (χ3n) is 7.27. The summed E-state index contributed by atoms with van der Waals surface area (Å²) in [6, 6.07) is 9.61. The van der Waals surface area contributed by atoms with Gasteiger partial charge in [0.2, 0.25) is 11.7 Å². The van der Waals surface area contributed by atoms with Gasteiger partial charge in [0.1, 0.15) is 11.6 Å². The van der Waals surface area contributed by atoms with E-state index in [1.807, 2.05) is 54.5 Å². The van der Waals surface area contributed by atoms with Crippen molar-refractivity contribution in [1.29, 1.82) is 5.26 Å². The third-order valence-corrected chi connectivity index (χ3v) is 7.27. The fraction of sp³-hybridized carbons (Fsp3) is 0.472. The van der Waals surface area contributed by atoms with Crippen LogP contribution in [0.5, 0.6) is 0 Å². The van der Waals surface area contributed by atoms with Crippen molar-refractivity contribution in [2.45, 2.75) is 100.0 Å². The topological polar surface area (TPSA) is 74.0 Å². The zero-order valence-corrected chi connectivity index (χ0v) is 28.6. The van der Waals surface area contributed by atoms with Gasteiger partial charge in [-0.3, -0.25) is 4.79 Å². The highest BCUT2D eigenvalue weighted by molar-refractivity contribution is 5.77. The number of nitrogens with one attached hydrogen (secondary N) is 1. The molecule has 47 heavy (non-hydrogen) atoms. The molecule has 1 N–H and O–H groups in total. The Balaban J connectivity index is 0.00000185. The fourth-order valence-corrected chi connectivity index (χ4v) is 5.33. The molecule has 1 aliphatic rings. The third kappa shape index (κ3) is 10.4. The summed E-state index contributed by atoms with van der Waals surface area (Å²) in [5.41, 5.74) is 1.83. The standard InChI is InChI=1S/C32H34F5N5O.2C2H6/c1-19-12-26(34)23(14-25(19)33)13-24(39-20(2)16-31(3,4)5)15-28(43)41-10-11-42-27(18-41)29(40-30(42)32(35,36)37)22-8-6-21(17-38)7-9-22;2*1-2/h6-9,12,14,24,39H,2,10-11,13,15-16,18H2,1,3-5H3;2*1-2H3. The number of benzene rings is 2. The monoisotopic (exact) mass is 659 g/mol. The number of hydrogen-bond acceptors (Lipinski definition) is 4. The Morgan fingerprint density at radius 3 is 2.21 bits per heavy atom. The first kappa shape index (κ1) is 39.0. The zero-order chi connectivity index (χ0) is 35.7. The van der Waals surface area contributed by atoms with E-state index in [1.54, 1.807) is 0 Å². The predicted molar refractivity (Wildman–Crippen MR) is 175 cm³/mol. The number of halogens is 5. The average Bonchev–Trinajstić information content (AvgIpc) is 3.40. The zero-order valence-electron chi connectivity index (χ0n) is 28.6. The molecule has 1 aromatic heterocycles. The second-order valence-electron chi connectivity index (χ2n) is 12.2. The number of nitrogens with zero attached hydrogens (tertiary/aromatic N) is 4. The highest BCUT2D eigenvalue weighted by Crippen LogP contribution is 2.36. The van der Waals surface area contributed by atoms with Gasteiger partial charge in [-0.05, 0) is 60.6 Å². The normalized spacial score (nSPS) is 13.2. The second kappa shape index (κ2) is 16.6. The molecule has 256 valence electrons. The number of imidazole rings is 1.